The van der Waals surface area contributed by atoms with Crippen LogP contribution in [0.4, 0.5) is 14.5 Å². The third-order valence-electron chi connectivity index (χ3n) is 4.55. The van der Waals surface area contributed by atoms with Crippen LogP contribution >= 0.6 is 0 Å². The maximum absolute atomic E-state index is 12.4. The van der Waals surface area contributed by atoms with Crippen molar-refractivity contribution in [3.63, 3.8) is 0 Å². The molecule has 1 aliphatic carbocycles. The van der Waals surface area contributed by atoms with Crippen molar-refractivity contribution in [2.24, 2.45) is 0 Å². The normalized spacial score (nSPS) is 14.1. The van der Waals surface area contributed by atoms with Gasteiger partial charge in [0.25, 0.3) is 0 Å². The lowest BCUT2D eigenvalue weighted by Gasteiger charge is -2.13. The first-order valence-corrected chi connectivity index (χ1v) is 10.7. The molecule has 2 aromatic carbocycles. The van der Waals surface area contributed by atoms with Gasteiger partial charge in [-0.05, 0) is 56.0 Å². The van der Waals surface area contributed by atoms with Gasteiger partial charge in [-0.15, -0.1) is 0 Å². The SMILES string of the molecule is Cc1c(NC(=O)CCc2ccc(S(=O)(=O)NC3CC3)cc2)cccc1OC(F)F. The average Bonchev–Trinajstić information content (AvgIpc) is 3.46. The molecule has 9 heteroatoms. The summed E-state index contributed by atoms with van der Waals surface area (Å²) in [6.45, 7) is -1.35. The number of hydrogen-bond donors (Lipinski definition) is 2. The largest absolute Gasteiger partial charge is 0.434 e. The fraction of sp³-hybridized carbons (Fsp3) is 0.350. The van der Waals surface area contributed by atoms with Crippen LogP contribution in [0.15, 0.2) is 47.4 Å². The van der Waals surface area contributed by atoms with Gasteiger partial charge in [0.2, 0.25) is 15.9 Å². The van der Waals surface area contributed by atoms with Crippen molar-refractivity contribution in [1.82, 2.24) is 4.72 Å². The molecule has 2 N–H and O–H groups in total. The Hall–Kier alpha value is -2.52. The lowest BCUT2D eigenvalue weighted by molar-refractivity contribution is -0.116. The van der Waals surface area contributed by atoms with Gasteiger partial charge >= 0.3 is 6.61 Å². The summed E-state index contributed by atoms with van der Waals surface area (Å²) in [5, 5.41) is 2.69. The van der Waals surface area contributed by atoms with Crippen molar-refractivity contribution in [2.75, 3.05) is 5.32 Å². The molecule has 1 amide bonds. The first-order valence-electron chi connectivity index (χ1n) is 9.20. The summed E-state index contributed by atoms with van der Waals surface area (Å²) in [7, 11) is -3.50. The molecule has 0 aromatic heterocycles. The lowest BCUT2D eigenvalue weighted by atomic mass is 10.1. The van der Waals surface area contributed by atoms with Gasteiger partial charge in [0.05, 0.1) is 4.90 Å². The summed E-state index contributed by atoms with van der Waals surface area (Å²) in [6.07, 6.45) is 2.30. The zero-order valence-corrected chi connectivity index (χ0v) is 16.6. The van der Waals surface area contributed by atoms with E-state index in [1.54, 1.807) is 25.1 Å². The van der Waals surface area contributed by atoms with Crippen molar-refractivity contribution >= 4 is 21.6 Å². The number of alkyl halides is 2. The molecule has 0 spiro atoms. The predicted octanol–water partition coefficient (Wildman–Crippen LogP) is 3.61. The molecule has 1 saturated carbocycles. The van der Waals surface area contributed by atoms with Gasteiger partial charge in [0.15, 0.2) is 0 Å². The highest BCUT2D eigenvalue weighted by Crippen LogP contribution is 2.27. The fourth-order valence-corrected chi connectivity index (χ4v) is 4.07. The van der Waals surface area contributed by atoms with Crippen LogP contribution in [0.5, 0.6) is 5.75 Å². The summed E-state index contributed by atoms with van der Waals surface area (Å²) in [5.41, 5.74) is 1.64. The molecule has 0 radical (unpaired) electrons. The Morgan fingerprint density at radius 3 is 2.48 bits per heavy atom. The number of benzene rings is 2. The van der Waals surface area contributed by atoms with Crippen molar-refractivity contribution in [1.29, 1.82) is 0 Å². The Morgan fingerprint density at radius 2 is 1.86 bits per heavy atom. The van der Waals surface area contributed by atoms with Crippen LogP contribution in [0.3, 0.4) is 0 Å². The summed E-state index contributed by atoms with van der Waals surface area (Å²) in [5.74, 6) is -0.274. The molecule has 0 bridgehead atoms. The third kappa shape index (κ3) is 5.98. The highest BCUT2D eigenvalue weighted by atomic mass is 32.2. The Bertz CT molecular complexity index is 974. The number of amides is 1. The van der Waals surface area contributed by atoms with E-state index in [2.05, 4.69) is 14.8 Å². The monoisotopic (exact) mass is 424 g/mol. The van der Waals surface area contributed by atoms with Crippen molar-refractivity contribution in [3.8, 4) is 5.75 Å². The van der Waals surface area contributed by atoms with Crippen LogP contribution in [0, 0.1) is 6.92 Å². The number of sulfonamides is 1. The third-order valence-corrected chi connectivity index (χ3v) is 6.08. The molecule has 1 fully saturated rings. The molecule has 0 heterocycles. The highest BCUT2D eigenvalue weighted by Gasteiger charge is 2.27. The van der Waals surface area contributed by atoms with Crippen LogP contribution in [-0.4, -0.2) is 27.0 Å². The van der Waals surface area contributed by atoms with Crippen molar-refractivity contribution < 1.29 is 26.7 Å². The number of hydrogen-bond acceptors (Lipinski definition) is 4. The second-order valence-electron chi connectivity index (χ2n) is 6.89. The number of carbonyl (C=O) groups excluding carboxylic acids is 1. The number of ether oxygens (including phenoxy) is 1. The standard InChI is InChI=1S/C20H22F2N2O4S/c1-13-17(3-2-4-18(13)28-20(21)22)23-19(25)12-7-14-5-10-16(11-6-14)29(26,27)24-15-8-9-15/h2-6,10-11,15,20,24H,7-9,12H2,1H3,(H,23,25). The van der Waals surface area contributed by atoms with E-state index in [-0.39, 0.29) is 29.0 Å². The number of rotatable bonds is 9. The van der Waals surface area contributed by atoms with Crippen LogP contribution < -0.4 is 14.8 Å². The second-order valence-corrected chi connectivity index (χ2v) is 8.61. The minimum atomic E-state index is -3.50. The van der Waals surface area contributed by atoms with Crippen molar-refractivity contribution in [3.05, 3.63) is 53.6 Å². The second kappa shape index (κ2) is 8.87. The molecule has 0 saturated heterocycles. The first-order chi connectivity index (χ1) is 13.7. The molecule has 0 atom stereocenters. The van der Waals surface area contributed by atoms with Crippen LogP contribution in [0.1, 0.15) is 30.4 Å². The number of carbonyl (C=O) groups is 1. The number of halogens is 2. The Morgan fingerprint density at radius 1 is 1.17 bits per heavy atom. The van der Waals surface area contributed by atoms with E-state index in [4.69, 9.17) is 0 Å². The van der Waals surface area contributed by atoms with Gasteiger partial charge in [0.1, 0.15) is 5.75 Å². The Labute approximate surface area is 168 Å². The van der Waals surface area contributed by atoms with E-state index < -0.39 is 16.6 Å². The van der Waals surface area contributed by atoms with E-state index in [1.807, 2.05) is 0 Å². The van der Waals surface area contributed by atoms with Crippen LogP contribution in [0.2, 0.25) is 0 Å². The van der Waals surface area contributed by atoms with Gasteiger partial charge in [-0.1, -0.05) is 18.2 Å². The number of aryl methyl sites for hydroxylation is 1. The molecule has 6 nitrogen and oxygen atoms in total. The fourth-order valence-electron chi connectivity index (χ4n) is 2.77. The maximum Gasteiger partial charge on any atom is 0.387 e. The van der Waals surface area contributed by atoms with Crippen molar-refractivity contribution in [2.45, 2.75) is 50.2 Å². The van der Waals surface area contributed by atoms with Gasteiger partial charge in [0, 0.05) is 23.7 Å². The maximum atomic E-state index is 12.4. The summed E-state index contributed by atoms with van der Waals surface area (Å²) < 4.78 is 56.2. The van der Waals surface area contributed by atoms with Gasteiger partial charge in [-0.2, -0.15) is 8.78 Å². The summed E-state index contributed by atoms with van der Waals surface area (Å²) in [6, 6.07) is 11.0. The van der Waals surface area contributed by atoms with Crippen LogP contribution in [0.25, 0.3) is 0 Å². The highest BCUT2D eigenvalue weighted by molar-refractivity contribution is 7.89. The topological polar surface area (TPSA) is 84.5 Å². The molecule has 2 aromatic rings. The molecular formula is C20H22F2N2O4S. The number of nitrogens with one attached hydrogen (secondary N) is 2. The van der Waals surface area contributed by atoms with E-state index in [9.17, 15) is 22.0 Å². The molecule has 156 valence electrons. The number of anilines is 1. The van der Waals surface area contributed by atoms with E-state index >= 15 is 0 Å². The summed E-state index contributed by atoms with van der Waals surface area (Å²) in [4.78, 5) is 12.4. The molecule has 29 heavy (non-hydrogen) atoms. The zero-order chi connectivity index (χ0) is 21.0. The Balaban J connectivity index is 1.55. The minimum Gasteiger partial charge on any atom is -0.434 e. The smallest absolute Gasteiger partial charge is 0.387 e. The minimum absolute atomic E-state index is 0.00871. The quantitative estimate of drug-likeness (QED) is 0.644. The molecule has 1 aliphatic rings. The average molecular weight is 424 g/mol. The zero-order valence-electron chi connectivity index (χ0n) is 15.8. The molecular weight excluding hydrogens is 402 g/mol. The van der Waals surface area contributed by atoms with E-state index in [0.717, 1.165) is 18.4 Å². The first kappa shape index (κ1) is 21.2. The van der Waals surface area contributed by atoms with Gasteiger partial charge in [-0.3, -0.25) is 4.79 Å². The Kier molecular flexibility index (Phi) is 6.49. The summed E-state index contributed by atoms with van der Waals surface area (Å²) >= 11 is 0. The van der Waals surface area contributed by atoms with Crippen LogP contribution in [-0.2, 0) is 21.2 Å². The predicted molar refractivity (Wildman–Crippen MR) is 105 cm³/mol. The molecule has 3 rings (SSSR count). The van der Waals surface area contributed by atoms with Gasteiger partial charge < -0.3 is 10.1 Å². The molecule has 0 aliphatic heterocycles. The van der Waals surface area contributed by atoms with Gasteiger partial charge in [-0.25, -0.2) is 13.1 Å². The lowest BCUT2D eigenvalue weighted by Crippen LogP contribution is -2.25. The molecule has 0 unspecified atom stereocenters. The van der Waals surface area contributed by atoms with E-state index in [1.165, 1.54) is 24.3 Å². The van der Waals surface area contributed by atoms with E-state index in [0.29, 0.717) is 17.7 Å².